The number of hydrogen-bond donors (Lipinski definition) is 1. The van der Waals surface area contributed by atoms with E-state index in [0.29, 0.717) is 30.2 Å². The molecule has 156 valence electrons. The van der Waals surface area contributed by atoms with Crippen molar-refractivity contribution in [2.45, 2.75) is 24.3 Å². The summed E-state index contributed by atoms with van der Waals surface area (Å²) in [7, 11) is -2.39. The van der Waals surface area contributed by atoms with E-state index in [2.05, 4.69) is 5.32 Å². The van der Waals surface area contributed by atoms with Crippen molar-refractivity contribution in [1.82, 2.24) is 5.32 Å². The third-order valence-electron chi connectivity index (χ3n) is 5.17. The second-order valence-electron chi connectivity index (χ2n) is 7.03. The van der Waals surface area contributed by atoms with E-state index in [4.69, 9.17) is 9.15 Å². The van der Waals surface area contributed by atoms with E-state index in [9.17, 15) is 13.2 Å². The largest absolute Gasteiger partial charge is 0.496 e. The fraction of sp³-hybridized carbons (Fsp3) is 0.227. The minimum absolute atomic E-state index is 0.0378. The molecule has 0 unspecified atom stereocenters. The predicted octanol–water partition coefficient (Wildman–Crippen LogP) is 3.53. The average molecular weight is 426 g/mol. The van der Waals surface area contributed by atoms with Crippen LogP contribution in [0.3, 0.4) is 0 Å². The maximum atomic E-state index is 13.3. The Hall–Kier alpha value is -3.26. The Morgan fingerprint density at radius 3 is 2.70 bits per heavy atom. The van der Waals surface area contributed by atoms with Gasteiger partial charge < -0.3 is 14.5 Å². The van der Waals surface area contributed by atoms with Crippen LogP contribution in [0.25, 0.3) is 0 Å². The lowest BCUT2D eigenvalue weighted by Crippen LogP contribution is -2.30. The number of carbonyl (C=O) groups excluding carboxylic acids is 1. The molecule has 7 nitrogen and oxygen atoms in total. The first kappa shape index (κ1) is 20.0. The number of methoxy groups -OCH3 is 1. The van der Waals surface area contributed by atoms with Crippen molar-refractivity contribution in [1.29, 1.82) is 0 Å². The highest BCUT2D eigenvalue weighted by Gasteiger charge is 2.31. The molecule has 1 atom stereocenters. The third kappa shape index (κ3) is 3.54. The van der Waals surface area contributed by atoms with Gasteiger partial charge in [-0.25, -0.2) is 8.42 Å². The van der Waals surface area contributed by atoms with Crippen LogP contribution >= 0.6 is 0 Å². The predicted molar refractivity (Wildman–Crippen MR) is 112 cm³/mol. The van der Waals surface area contributed by atoms with Crippen LogP contribution in [0.15, 0.2) is 70.2 Å². The number of nitrogens with one attached hydrogen (secondary N) is 1. The molecule has 1 aromatic heterocycles. The van der Waals surface area contributed by atoms with Crippen molar-refractivity contribution in [2.75, 3.05) is 18.0 Å². The molecular weight excluding hydrogens is 404 g/mol. The molecule has 0 aliphatic carbocycles. The van der Waals surface area contributed by atoms with Gasteiger partial charge in [0.25, 0.3) is 15.9 Å². The molecule has 1 aliphatic rings. The fourth-order valence-electron chi connectivity index (χ4n) is 3.59. The molecule has 0 saturated heterocycles. The lowest BCUT2D eigenvalue weighted by atomic mass is 10.1. The molecule has 0 bridgehead atoms. The smallest absolute Gasteiger partial charge is 0.264 e. The van der Waals surface area contributed by atoms with Crippen LogP contribution in [0.2, 0.25) is 0 Å². The molecule has 30 heavy (non-hydrogen) atoms. The SMILES string of the molecule is COc1ccc(S(=O)(=O)N2CCc3ccccc32)cc1C(=O)N[C@@H](C)c1ccco1. The molecule has 4 rings (SSSR count). The number of sulfonamides is 1. The molecule has 8 heteroatoms. The van der Waals surface area contributed by atoms with Gasteiger partial charge >= 0.3 is 0 Å². The van der Waals surface area contributed by atoms with Gasteiger partial charge in [0.15, 0.2) is 0 Å². The first-order valence-electron chi connectivity index (χ1n) is 9.55. The zero-order valence-electron chi connectivity index (χ0n) is 16.7. The molecule has 1 amide bonds. The number of amides is 1. The van der Waals surface area contributed by atoms with Gasteiger partial charge in [-0.05, 0) is 55.3 Å². The van der Waals surface area contributed by atoms with Crippen molar-refractivity contribution in [3.05, 3.63) is 77.7 Å². The molecule has 0 saturated carbocycles. The molecule has 0 radical (unpaired) electrons. The van der Waals surface area contributed by atoms with Crippen LogP contribution < -0.4 is 14.4 Å². The Bertz CT molecular complexity index is 1170. The highest BCUT2D eigenvalue weighted by Crippen LogP contribution is 2.34. The van der Waals surface area contributed by atoms with Crippen molar-refractivity contribution in [3.63, 3.8) is 0 Å². The maximum absolute atomic E-state index is 13.3. The highest BCUT2D eigenvalue weighted by molar-refractivity contribution is 7.92. The van der Waals surface area contributed by atoms with Crippen molar-refractivity contribution in [2.24, 2.45) is 0 Å². The van der Waals surface area contributed by atoms with E-state index >= 15 is 0 Å². The highest BCUT2D eigenvalue weighted by atomic mass is 32.2. The number of benzene rings is 2. The lowest BCUT2D eigenvalue weighted by molar-refractivity contribution is 0.0932. The van der Waals surface area contributed by atoms with Gasteiger partial charge in [0.2, 0.25) is 0 Å². The summed E-state index contributed by atoms with van der Waals surface area (Å²) < 4.78 is 38.6. The fourth-order valence-corrected chi connectivity index (χ4v) is 5.12. The van der Waals surface area contributed by atoms with E-state index in [0.717, 1.165) is 5.56 Å². The number of hydrogen-bond acceptors (Lipinski definition) is 5. The summed E-state index contributed by atoms with van der Waals surface area (Å²) in [5, 5.41) is 2.82. The molecule has 2 aromatic carbocycles. The Balaban J connectivity index is 1.66. The number of ether oxygens (including phenoxy) is 1. The van der Waals surface area contributed by atoms with E-state index in [1.54, 1.807) is 25.1 Å². The summed E-state index contributed by atoms with van der Waals surface area (Å²) in [4.78, 5) is 12.9. The zero-order chi connectivity index (χ0) is 21.3. The van der Waals surface area contributed by atoms with Crippen LogP contribution in [-0.2, 0) is 16.4 Å². The Kier molecular flexibility index (Phi) is 5.26. The van der Waals surface area contributed by atoms with Crippen molar-refractivity contribution >= 4 is 21.6 Å². The minimum atomic E-state index is -3.83. The number of nitrogens with zero attached hydrogens (tertiary/aromatic N) is 1. The van der Waals surface area contributed by atoms with Gasteiger partial charge in [-0.3, -0.25) is 9.10 Å². The average Bonchev–Trinajstić information content (AvgIpc) is 3.43. The first-order valence-corrected chi connectivity index (χ1v) is 11.0. The number of fused-ring (bicyclic) bond motifs is 1. The van der Waals surface area contributed by atoms with Gasteiger partial charge in [-0.2, -0.15) is 0 Å². The van der Waals surface area contributed by atoms with Crippen molar-refractivity contribution < 1.29 is 22.4 Å². The van der Waals surface area contributed by atoms with Crippen LogP contribution in [0.4, 0.5) is 5.69 Å². The summed E-state index contributed by atoms with van der Waals surface area (Å²) in [6.45, 7) is 2.15. The minimum Gasteiger partial charge on any atom is -0.496 e. The van der Waals surface area contributed by atoms with Gasteiger partial charge in [-0.1, -0.05) is 18.2 Å². The lowest BCUT2D eigenvalue weighted by Gasteiger charge is -2.20. The normalized spacial score (nSPS) is 14.3. The van der Waals surface area contributed by atoms with Crippen LogP contribution in [0.1, 0.15) is 34.6 Å². The summed E-state index contributed by atoms with van der Waals surface area (Å²) >= 11 is 0. The molecule has 2 heterocycles. The number of furan rings is 1. The van der Waals surface area contributed by atoms with E-state index in [-0.39, 0.29) is 16.5 Å². The van der Waals surface area contributed by atoms with Gasteiger partial charge in [0, 0.05) is 6.54 Å². The second kappa shape index (κ2) is 7.87. The van der Waals surface area contributed by atoms with Crippen molar-refractivity contribution in [3.8, 4) is 5.75 Å². The number of anilines is 1. The Morgan fingerprint density at radius 1 is 1.17 bits per heavy atom. The summed E-state index contributed by atoms with van der Waals surface area (Å²) in [5.74, 6) is 0.439. The van der Waals surface area contributed by atoms with Gasteiger partial charge in [0.05, 0.1) is 35.6 Å². The van der Waals surface area contributed by atoms with E-state index in [1.165, 1.54) is 35.9 Å². The monoisotopic (exact) mass is 426 g/mol. The Labute approximate surface area is 175 Å². The molecule has 0 spiro atoms. The number of carbonyl (C=O) groups is 1. The number of para-hydroxylation sites is 1. The van der Waals surface area contributed by atoms with Gasteiger partial charge in [0.1, 0.15) is 11.5 Å². The second-order valence-corrected chi connectivity index (χ2v) is 8.89. The molecule has 3 aromatic rings. The molecular formula is C22H22N2O5S. The van der Waals surface area contributed by atoms with E-state index in [1.807, 2.05) is 18.2 Å². The van der Waals surface area contributed by atoms with Crippen LogP contribution in [0, 0.1) is 0 Å². The zero-order valence-corrected chi connectivity index (χ0v) is 17.5. The summed E-state index contributed by atoms with van der Waals surface area (Å²) in [6.07, 6.45) is 2.18. The maximum Gasteiger partial charge on any atom is 0.264 e. The van der Waals surface area contributed by atoms with Crippen LogP contribution in [-0.4, -0.2) is 28.0 Å². The van der Waals surface area contributed by atoms with Crippen LogP contribution in [0.5, 0.6) is 5.75 Å². The van der Waals surface area contributed by atoms with E-state index < -0.39 is 15.9 Å². The standard InChI is InChI=1S/C22H22N2O5S/c1-15(20-8-5-13-29-20)23-22(25)18-14-17(9-10-21(18)28-2)30(26,27)24-12-11-16-6-3-4-7-19(16)24/h3-10,13-15H,11-12H2,1-2H3,(H,23,25)/t15-/m0/s1. The number of rotatable bonds is 6. The molecule has 0 fully saturated rings. The van der Waals surface area contributed by atoms with Gasteiger partial charge in [-0.15, -0.1) is 0 Å². The summed E-state index contributed by atoms with van der Waals surface area (Å²) in [6, 6.07) is 14.9. The Morgan fingerprint density at radius 2 is 1.97 bits per heavy atom. The topological polar surface area (TPSA) is 88.9 Å². The quantitative estimate of drug-likeness (QED) is 0.651. The third-order valence-corrected chi connectivity index (χ3v) is 6.97. The first-order chi connectivity index (χ1) is 14.4. The molecule has 1 N–H and O–H groups in total. The summed E-state index contributed by atoms with van der Waals surface area (Å²) in [5.41, 5.74) is 1.80. The molecule has 1 aliphatic heterocycles.